The molecule has 0 saturated carbocycles. The largest absolute Gasteiger partial charge is 0.481 e. The van der Waals surface area contributed by atoms with Crippen molar-refractivity contribution in [2.45, 2.75) is 178 Å². The molecule has 28 nitrogen and oxygen atoms in total. The minimum atomic E-state index is -4.92. The number of nitrogens with two attached hydrogens (primary N) is 1. The number of hydrogen-bond acceptors (Lipinski definition) is 15. The molecule has 5 rings (SSSR count). The van der Waals surface area contributed by atoms with Gasteiger partial charge in [0, 0.05) is 42.9 Å². The molecule has 3 unspecified atom stereocenters. The van der Waals surface area contributed by atoms with Crippen molar-refractivity contribution in [3.8, 4) is 5.75 Å². The molecule has 0 aliphatic carbocycles. The van der Waals surface area contributed by atoms with Gasteiger partial charge in [0.25, 0.3) is 0 Å². The number of rotatable bonds is 26. The van der Waals surface area contributed by atoms with Gasteiger partial charge in [-0.3, -0.25) is 52.5 Å². The summed E-state index contributed by atoms with van der Waals surface area (Å²) in [4.78, 5) is 156. The quantitative estimate of drug-likeness (QED) is 0.0398. The van der Waals surface area contributed by atoms with Crippen LogP contribution in [-0.2, 0) is 82.3 Å². The number of aliphatic carboxylic acids is 1. The monoisotopic (exact) mass is 1260 g/mol. The number of unbranched alkanes of at least 4 members (excludes halogenated alkanes) is 2. The van der Waals surface area contributed by atoms with Gasteiger partial charge in [0.05, 0.1) is 12.8 Å². The molecule has 4 aromatic rings. The Morgan fingerprint density at radius 2 is 1.33 bits per heavy atom. The maximum atomic E-state index is 14.9. The highest BCUT2D eigenvalue weighted by atomic mass is 32.3. The number of ether oxygens (including phenoxy) is 1. The first-order valence-electron chi connectivity index (χ1n) is 29.4. The van der Waals surface area contributed by atoms with E-state index in [-0.39, 0.29) is 63.7 Å². The highest BCUT2D eigenvalue weighted by Gasteiger charge is 2.37. The molecule has 10 amide bonds. The van der Waals surface area contributed by atoms with Crippen molar-refractivity contribution >= 4 is 86.5 Å². The number of benzene rings is 3. The fourth-order valence-corrected chi connectivity index (χ4v) is 9.94. The Bertz CT molecular complexity index is 3250. The number of hydrogen-bond donors (Lipinski definition) is 13. The maximum absolute atomic E-state index is 14.9. The molecule has 1 fully saturated rings. The third-order valence-electron chi connectivity index (χ3n) is 14.1. The summed E-state index contributed by atoms with van der Waals surface area (Å²) in [5.41, 5.74) is 6.76. The second-order valence-electron chi connectivity index (χ2n) is 22.6. The maximum Gasteiger partial charge on any atom is 0.446 e. The molecule has 2 heterocycles. The summed E-state index contributed by atoms with van der Waals surface area (Å²) in [5.74, 6) is -9.97. The summed E-state index contributed by atoms with van der Waals surface area (Å²) in [6.07, 6.45) is 0.396. The Labute approximate surface area is 515 Å². The SMILES string of the molecule is CCCCC1NC(=O)[C@H](Cc2ccc(OS(=O)(=O)O)cc2)NC(=O)C(NC(=O)OC(C)(C)C)CC(=O)NCCCCC(C(=O)N[C@@H](Cc2c[nH]c3ccccc23)C(=O)N[C@@H](CCCC)C(=O)N[C@@H](CC(=O)O)C(=O)N[C@@H](Cc2ccccc2)C(N)=O)NC1=O. The van der Waals surface area contributed by atoms with Gasteiger partial charge < -0.3 is 72.6 Å². The minimum absolute atomic E-state index is 0.00714. The van der Waals surface area contributed by atoms with Crippen molar-refractivity contribution in [3.63, 3.8) is 0 Å². The number of carboxylic acid groups (broad SMARTS) is 1. The van der Waals surface area contributed by atoms with Crippen LogP contribution < -0.4 is 57.8 Å². The van der Waals surface area contributed by atoms with Crippen molar-refractivity contribution in [2.75, 3.05) is 6.54 Å². The number of carbonyl (C=O) groups is 11. The molecule has 14 N–H and O–H groups in total. The number of amides is 10. The van der Waals surface area contributed by atoms with Crippen molar-refractivity contribution < 1.29 is 79.7 Å². The minimum Gasteiger partial charge on any atom is -0.481 e. The molecule has 0 bridgehead atoms. The lowest BCUT2D eigenvalue weighted by Gasteiger charge is -2.28. The number of alkyl carbamates (subject to hydrolysis) is 1. The molecular formula is C60H81N11O17S. The van der Waals surface area contributed by atoms with Gasteiger partial charge in [0.1, 0.15) is 59.7 Å². The molecular weight excluding hydrogens is 1180 g/mol. The van der Waals surface area contributed by atoms with Crippen molar-refractivity contribution in [3.05, 3.63) is 102 Å². The standard InChI is InChI=1S/C60H81N11O17S/c1-6-8-20-41-52(76)64-43(23-15-16-28-62-49(72)32-47(71-59(83)87-60(3,4)5)57(81)68-45(55(79)65-41)30-36-24-26-38(27-25-36)88-89(84,85)86)54(78)69-46(31-37-34-63-40-22-14-13-19-39(37)40)56(80)66-42(21-9-7-2)53(77)70-48(33-50(73)74)58(82)67-44(51(61)75)29-35-17-11-10-12-18-35/h10-14,17-19,22,24-27,34,41-48,63H,6-9,15-16,20-21,23,28-33H2,1-5H3,(H2,61,75)(H,62,72)(H,64,76)(H,65,79)(H,66,80)(H,67,82)(H,68,81)(H,69,78)(H,70,77)(H,71,83)(H,73,74)(H,84,85,86)/t41?,42-,43?,44-,45-,46-,47?,48-/m0/s1. The summed E-state index contributed by atoms with van der Waals surface area (Å²) < 4.78 is 41.9. The average molecular weight is 1260 g/mol. The van der Waals surface area contributed by atoms with E-state index in [2.05, 4.69) is 57.0 Å². The second-order valence-corrected chi connectivity index (χ2v) is 23.6. The van der Waals surface area contributed by atoms with E-state index in [1.807, 2.05) is 13.8 Å². The molecule has 1 aliphatic rings. The number of primary amides is 1. The summed E-state index contributed by atoms with van der Waals surface area (Å²) in [7, 11) is -4.92. The van der Waals surface area contributed by atoms with Crippen LogP contribution in [0.4, 0.5) is 4.79 Å². The van der Waals surface area contributed by atoms with E-state index in [1.54, 1.807) is 81.6 Å². The van der Waals surface area contributed by atoms with Crippen LogP contribution in [0.2, 0.25) is 0 Å². The zero-order chi connectivity index (χ0) is 65.4. The number of para-hydroxylation sites is 1. The molecule has 1 aliphatic heterocycles. The molecule has 0 spiro atoms. The Kier molecular flexibility index (Phi) is 26.9. The molecule has 8 atom stereocenters. The molecule has 3 aromatic carbocycles. The van der Waals surface area contributed by atoms with E-state index < -0.39 is 142 Å². The number of carboxylic acids is 1. The Morgan fingerprint density at radius 3 is 1.98 bits per heavy atom. The predicted molar refractivity (Wildman–Crippen MR) is 323 cm³/mol. The van der Waals surface area contributed by atoms with Crippen LogP contribution >= 0.6 is 0 Å². The number of carbonyl (C=O) groups excluding carboxylic acids is 10. The Balaban J connectivity index is 1.48. The number of H-pyrrole nitrogens is 1. The average Bonchev–Trinajstić information content (AvgIpc) is 3.16. The smallest absolute Gasteiger partial charge is 0.446 e. The first-order chi connectivity index (χ1) is 42.1. The summed E-state index contributed by atoms with van der Waals surface area (Å²) in [6.45, 7) is 8.36. The van der Waals surface area contributed by atoms with Crippen LogP contribution in [-0.4, -0.2) is 149 Å². The highest BCUT2D eigenvalue weighted by molar-refractivity contribution is 7.81. The van der Waals surface area contributed by atoms with Crippen LogP contribution in [0.3, 0.4) is 0 Å². The van der Waals surface area contributed by atoms with Crippen LogP contribution in [0.15, 0.2) is 85.1 Å². The van der Waals surface area contributed by atoms with Gasteiger partial charge in [-0.15, -0.1) is 0 Å². The number of aromatic nitrogens is 1. The van der Waals surface area contributed by atoms with E-state index >= 15 is 0 Å². The van der Waals surface area contributed by atoms with Gasteiger partial charge in [-0.1, -0.05) is 100 Å². The van der Waals surface area contributed by atoms with Crippen LogP contribution in [0.5, 0.6) is 5.75 Å². The van der Waals surface area contributed by atoms with Gasteiger partial charge in [-0.2, -0.15) is 8.42 Å². The van der Waals surface area contributed by atoms with Crippen molar-refractivity contribution in [1.29, 1.82) is 0 Å². The van der Waals surface area contributed by atoms with E-state index in [1.165, 1.54) is 12.1 Å². The fraction of sp³-hybridized carbons (Fsp3) is 0.483. The molecule has 1 aromatic heterocycles. The second kappa shape index (κ2) is 33.9. The number of nitrogens with one attached hydrogen (secondary N) is 10. The lowest BCUT2D eigenvalue weighted by molar-refractivity contribution is -0.141. The number of aromatic amines is 1. The van der Waals surface area contributed by atoms with Crippen LogP contribution in [0.25, 0.3) is 10.9 Å². The molecule has 89 heavy (non-hydrogen) atoms. The van der Waals surface area contributed by atoms with E-state index in [9.17, 15) is 70.8 Å². The van der Waals surface area contributed by atoms with Gasteiger partial charge in [0.15, 0.2) is 0 Å². The van der Waals surface area contributed by atoms with Gasteiger partial charge >= 0.3 is 22.5 Å². The third-order valence-corrected chi connectivity index (χ3v) is 14.5. The Morgan fingerprint density at radius 1 is 0.708 bits per heavy atom. The normalized spacial score (nSPS) is 18.5. The van der Waals surface area contributed by atoms with Crippen molar-refractivity contribution in [1.82, 2.24) is 52.8 Å². The highest BCUT2D eigenvalue weighted by Crippen LogP contribution is 2.21. The van der Waals surface area contributed by atoms with E-state index in [4.69, 9.17) is 10.5 Å². The zero-order valence-electron chi connectivity index (χ0n) is 50.3. The summed E-state index contributed by atoms with van der Waals surface area (Å²) in [5, 5.41) is 33.9. The summed E-state index contributed by atoms with van der Waals surface area (Å²) in [6, 6.07) is 8.69. The number of fused-ring (bicyclic) bond motifs is 1. The van der Waals surface area contributed by atoms with Gasteiger partial charge in [-0.05, 0) is 87.8 Å². The lowest BCUT2D eigenvalue weighted by Crippen LogP contribution is -2.61. The molecule has 1 saturated heterocycles. The predicted octanol–water partition coefficient (Wildman–Crippen LogP) is 1.69. The van der Waals surface area contributed by atoms with E-state index in [0.29, 0.717) is 53.3 Å². The zero-order valence-corrected chi connectivity index (χ0v) is 51.1. The van der Waals surface area contributed by atoms with Gasteiger partial charge in [0.2, 0.25) is 53.2 Å². The lowest BCUT2D eigenvalue weighted by atomic mass is 10.0. The van der Waals surface area contributed by atoms with Gasteiger partial charge in [-0.25, -0.2) is 4.79 Å². The first-order valence-corrected chi connectivity index (χ1v) is 30.7. The third kappa shape index (κ3) is 24.2. The van der Waals surface area contributed by atoms with Crippen LogP contribution in [0, 0.1) is 0 Å². The molecule has 484 valence electrons. The van der Waals surface area contributed by atoms with Crippen LogP contribution in [0.1, 0.15) is 122 Å². The first kappa shape index (κ1) is 70.6. The molecule has 0 radical (unpaired) electrons. The van der Waals surface area contributed by atoms with E-state index in [0.717, 1.165) is 12.1 Å². The molecule has 29 heteroatoms. The Hall–Kier alpha value is -9.12. The topological polar surface area (TPSA) is 431 Å². The summed E-state index contributed by atoms with van der Waals surface area (Å²) >= 11 is 0. The van der Waals surface area contributed by atoms with Crippen molar-refractivity contribution in [2.24, 2.45) is 5.73 Å². The fourth-order valence-electron chi connectivity index (χ4n) is 9.58.